The first-order valence-corrected chi connectivity index (χ1v) is 43.8. The van der Waals surface area contributed by atoms with Gasteiger partial charge in [-0.1, -0.05) is 0 Å². The summed E-state index contributed by atoms with van der Waals surface area (Å²) in [7, 11) is 0. The lowest BCUT2D eigenvalue weighted by Crippen LogP contribution is -2.49. The van der Waals surface area contributed by atoms with Crippen molar-refractivity contribution in [2.45, 2.75) is 64.2 Å². The summed E-state index contributed by atoms with van der Waals surface area (Å²) in [5, 5.41) is 0. The monoisotopic (exact) mass is 1510 g/mol. The highest BCUT2D eigenvalue weighted by atomic mass is 32.2. The number of esters is 10. The maximum atomic E-state index is 13.5. The summed E-state index contributed by atoms with van der Waals surface area (Å²) < 4.78 is 78.5. The van der Waals surface area contributed by atoms with Gasteiger partial charge < -0.3 is 61.6 Å². The molecule has 0 amide bonds. The van der Waals surface area contributed by atoms with Crippen LogP contribution in [0.3, 0.4) is 0 Å². The van der Waals surface area contributed by atoms with E-state index in [1.54, 1.807) is 0 Å². The molecule has 0 heterocycles. The maximum absolute atomic E-state index is 13.5. The van der Waals surface area contributed by atoms with Crippen molar-refractivity contribution in [1.82, 2.24) is 0 Å². The predicted molar refractivity (Wildman–Crippen MR) is 382 cm³/mol. The van der Waals surface area contributed by atoms with E-state index in [0.29, 0.717) is 57.5 Å². The fourth-order valence-electron chi connectivity index (χ4n) is 7.36. The average molecular weight is 1510 g/mol. The number of hydrogen-bond acceptors (Lipinski definition) is 33. The van der Waals surface area contributed by atoms with Gasteiger partial charge in [-0.05, 0) is 62.6 Å². The molecule has 33 heteroatoms. The number of rotatable bonds is 62. The highest BCUT2D eigenvalue weighted by molar-refractivity contribution is 8.00. The molecule has 0 saturated heterocycles. The molecule has 0 aliphatic heterocycles. The Hall–Kier alpha value is -1.92. The molecule has 0 saturated carbocycles. The van der Waals surface area contributed by atoms with Crippen molar-refractivity contribution >= 4 is 177 Å². The summed E-state index contributed by atoms with van der Waals surface area (Å²) in [5.74, 6) is -1.58. The van der Waals surface area contributed by atoms with E-state index in [0.717, 1.165) is 0 Å². The Morgan fingerprint density at radius 3 is 0.376 bits per heavy atom. The number of ether oxygens (including phenoxy) is 13. The number of carbonyl (C=O) groups excluding carboxylic acids is 10. The molecule has 0 radical (unpaired) electrons. The first-order valence-electron chi connectivity index (χ1n) is 29.9. The standard InChI is InChI=1S/C60H102O23S10/c1-84-21-11-47(61)74-37-57(38-75-48(62)12-22-85-2,33-72-35-59(41-78-51(65)15-25-88-5,42-79-52(66)16-26-89-6)43-80-53(67)17-27-90-7)31-71-32-58(39-76-49(63)13-23-86-3,40-77-50(64)14-24-87-4)34-73-36-60(44-81-54(68)18-28-91-8,45-82-55(69)19-29-92-9)46-83-56(70)20-30-93-10/h11-46H2,1-10H3. The number of carbonyl (C=O) groups is 10. The van der Waals surface area contributed by atoms with Crippen LogP contribution in [0.15, 0.2) is 0 Å². The van der Waals surface area contributed by atoms with Crippen LogP contribution in [-0.4, -0.2) is 285 Å². The Balaban J connectivity index is 8.39. The van der Waals surface area contributed by atoms with Gasteiger partial charge in [-0.15, -0.1) is 0 Å². The van der Waals surface area contributed by atoms with Crippen molar-refractivity contribution in [3.05, 3.63) is 0 Å². The van der Waals surface area contributed by atoms with Gasteiger partial charge >= 0.3 is 59.7 Å². The van der Waals surface area contributed by atoms with Crippen molar-refractivity contribution in [2.75, 3.05) is 226 Å². The normalized spacial score (nSPS) is 11.7. The molecule has 540 valence electrons. The Morgan fingerprint density at radius 2 is 0.280 bits per heavy atom. The van der Waals surface area contributed by atoms with Gasteiger partial charge in [0.2, 0.25) is 0 Å². The lowest BCUT2D eigenvalue weighted by molar-refractivity contribution is -0.179. The molecule has 0 rings (SSSR count). The molecule has 93 heavy (non-hydrogen) atoms. The largest absolute Gasteiger partial charge is 0.465 e. The van der Waals surface area contributed by atoms with Gasteiger partial charge in [0, 0.05) is 57.5 Å². The molecule has 0 fully saturated rings. The molecule has 0 aromatic heterocycles. The van der Waals surface area contributed by atoms with E-state index in [9.17, 15) is 47.9 Å². The lowest BCUT2D eigenvalue weighted by atomic mass is 9.89. The average Bonchev–Trinajstić information content (AvgIpc) is 1.02. The zero-order chi connectivity index (χ0) is 69.5. The van der Waals surface area contributed by atoms with Crippen LogP contribution in [0.4, 0.5) is 0 Å². The first kappa shape index (κ1) is 91.1. The lowest BCUT2D eigenvalue weighted by Gasteiger charge is -2.38. The molecule has 0 spiro atoms. The topological polar surface area (TPSA) is 291 Å². The molecular weight excluding hydrogens is 1410 g/mol. The minimum Gasteiger partial charge on any atom is -0.465 e. The molecular formula is C60H102O23S10. The summed E-state index contributed by atoms with van der Waals surface area (Å²) in [6.45, 7) is -7.17. The third kappa shape index (κ3) is 46.9. The van der Waals surface area contributed by atoms with E-state index < -0.39 is 187 Å². The Bertz CT molecular complexity index is 1810. The summed E-state index contributed by atoms with van der Waals surface area (Å²) in [5.41, 5.74) is -6.27. The molecule has 0 aromatic carbocycles. The Labute approximate surface area is 594 Å². The molecule has 0 unspecified atom stereocenters. The van der Waals surface area contributed by atoms with Crippen LogP contribution in [0.25, 0.3) is 0 Å². The van der Waals surface area contributed by atoms with Crippen LogP contribution in [0.2, 0.25) is 0 Å². The second kappa shape index (κ2) is 57.9. The number of hydrogen-bond donors (Lipinski definition) is 0. The van der Waals surface area contributed by atoms with Crippen LogP contribution in [0, 0.1) is 21.7 Å². The van der Waals surface area contributed by atoms with E-state index >= 15 is 0 Å². The van der Waals surface area contributed by atoms with E-state index in [4.69, 9.17) is 61.6 Å². The quantitative estimate of drug-likeness (QED) is 0.0412. The fraction of sp³-hybridized carbons (Fsp3) is 0.833. The SMILES string of the molecule is CSCCC(=O)OCC(COCC(COCC(COC(=O)CCSC)(COC(=O)CCSC)COC(=O)CCSC)(COC(=O)CCSC)COC(=O)CCSC)(COCC(COC(=O)CCSC)(COC(=O)CCSC)COC(=O)CCSC)COC(=O)CCSC. The second-order valence-corrected chi connectivity index (χ2v) is 31.4. The van der Waals surface area contributed by atoms with Gasteiger partial charge in [0.1, 0.15) is 66.1 Å². The van der Waals surface area contributed by atoms with Crippen LogP contribution in [0.1, 0.15) is 64.2 Å². The van der Waals surface area contributed by atoms with Gasteiger partial charge in [-0.25, -0.2) is 0 Å². The minimum absolute atomic E-state index is 0.00191. The van der Waals surface area contributed by atoms with Crippen molar-refractivity contribution in [3.63, 3.8) is 0 Å². The Morgan fingerprint density at radius 1 is 0.183 bits per heavy atom. The highest BCUT2D eigenvalue weighted by Crippen LogP contribution is 2.31. The minimum atomic E-state index is -1.61. The number of thioether (sulfide) groups is 10. The van der Waals surface area contributed by atoms with Gasteiger partial charge in [-0.2, -0.15) is 118 Å². The molecule has 0 aromatic rings. The first-order chi connectivity index (χ1) is 44.7. The van der Waals surface area contributed by atoms with Gasteiger partial charge in [0.05, 0.1) is 126 Å². The van der Waals surface area contributed by atoms with E-state index in [2.05, 4.69) is 0 Å². The molecule has 0 atom stereocenters. The third-order valence-corrected chi connectivity index (χ3v) is 19.1. The van der Waals surface area contributed by atoms with Crippen molar-refractivity contribution in [3.8, 4) is 0 Å². The summed E-state index contributed by atoms with van der Waals surface area (Å²) in [6, 6.07) is 0. The van der Waals surface area contributed by atoms with Gasteiger partial charge in [-0.3, -0.25) is 47.9 Å². The second-order valence-electron chi connectivity index (χ2n) is 21.5. The molecule has 23 nitrogen and oxygen atoms in total. The summed E-state index contributed by atoms with van der Waals surface area (Å²) in [6.07, 6.45) is 18.5. The van der Waals surface area contributed by atoms with Crippen LogP contribution in [-0.2, 0) is 110 Å². The van der Waals surface area contributed by atoms with Gasteiger partial charge in [0.25, 0.3) is 0 Å². The van der Waals surface area contributed by atoms with E-state index in [1.807, 2.05) is 62.6 Å². The maximum Gasteiger partial charge on any atom is 0.306 e. The molecule has 0 bridgehead atoms. The third-order valence-electron chi connectivity index (χ3n) is 12.9. The van der Waals surface area contributed by atoms with Crippen LogP contribution >= 0.6 is 118 Å². The van der Waals surface area contributed by atoms with Crippen molar-refractivity contribution < 1.29 is 110 Å². The highest BCUT2D eigenvalue weighted by Gasteiger charge is 2.44. The van der Waals surface area contributed by atoms with Gasteiger partial charge in [0.15, 0.2) is 0 Å². The summed E-state index contributed by atoms with van der Waals surface area (Å²) in [4.78, 5) is 133. The fourth-order valence-corrected chi connectivity index (χ4v) is 11.1. The van der Waals surface area contributed by atoms with Crippen LogP contribution in [0.5, 0.6) is 0 Å². The van der Waals surface area contributed by atoms with Crippen molar-refractivity contribution in [1.29, 1.82) is 0 Å². The van der Waals surface area contributed by atoms with Crippen molar-refractivity contribution in [2.24, 2.45) is 21.7 Å². The molecule has 0 aliphatic carbocycles. The zero-order valence-electron chi connectivity index (χ0n) is 55.9. The van der Waals surface area contributed by atoms with E-state index in [1.165, 1.54) is 118 Å². The summed E-state index contributed by atoms with van der Waals surface area (Å²) >= 11 is 14.2. The smallest absolute Gasteiger partial charge is 0.306 e. The van der Waals surface area contributed by atoms with E-state index in [-0.39, 0.29) is 64.2 Å². The van der Waals surface area contributed by atoms with Crippen LogP contribution < -0.4 is 0 Å². The molecule has 0 N–H and O–H groups in total. The zero-order valence-corrected chi connectivity index (χ0v) is 64.1. The molecule has 0 aliphatic rings. The Kier molecular flexibility index (Phi) is 56.7. The predicted octanol–water partition coefficient (Wildman–Crippen LogP) is 7.94.